The molecule has 152 valence electrons. The first-order chi connectivity index (χ1) is 14.5. The van der Waals surface area contributed by atoms with E-state index in [9.17, 15) is 9.59 Å². The van der Waals surface area contributed by atoms with Crippen molar-refractivity contribution in [1.29, 1.82) is 0 Å². The van der Waals surface area contributed by atoms with Crippen molar-refractivity contribution in [3.63, 3.8) is 0 Å². The van der Waals surface area contributed by atoms with E-state index < -0.39 is 0 Å². The summed E-state index contributed by atoms with van der Waals surface area (Å²) in [7, 11) is 0. The van der Waals surface area contributed by atoms with Gasteiger partial charge in [0.2, 0.25) is 5.91 Å². The van der Waals surface area contributed by atoms with Crippen LogP contribution in [0.5, 0.6) is 5.75 Å². The molecule has 4 rings (SSSR count). The molecule has 2 aromatic heterocycles. The molecule has 2 aromatic carbocycles. The highest BCUT2D eigenvalue weighted by Crippen LogP contribution is 2.25. The molecular formula is C23H21N3O3S. The Hall–Kier alpha value is -3.45. The SMILES string of the molecule is Cc1sc2ncn(CC(=O)Nc3ccc(OCc4ccccc4)cc3)c(=O)c2c1C. The molecule has 0 fully saturated rings. The lowest BCUT2D eigenvalue weighted by atomic mass is 10.2. The summed E-state index contributed by atoms with van der Waals surface area (Å²) in [5.74, 6) is 0.423. The van der Waals surface area contributed by atoms with E-state index in [2.05, 4.69) is 10.3 Å². The van der Waals surface area contributed by atoms with E-state index in [1.54, 1.807) is 24.3 Å². The number of fused-ring (bicyclic) bond motifs is 1. The van der Waals surface area contributed by atoms with E-state index in [1.807, 2.05) is 44.2 Å². The van der Waals surface area contributed by atoms with Crippen molar-refractivity contribution >= 4 is 33.1 Å². The maximum absolute atomic E-state index is 12.7. The van der Waals surface area contributed by atoms with Gasteiger partial charge in [0.15, 0.2) is 0 Å². The van der Waals surface area contributed by atoms with Gasteiger partial charge in [-0.25, -0.2) is 4.98 Å². The highest BCUT2D eigenvalue weighted by Gasteiger charge is 2.13. The topological polar surface area (TPSA) is 73.2 Å². The molecule has 0 atom stereocenters. The predicted molar refractivity (Wildman–Crippen MR) is 119 cm³/mol. The summed E-state index contributed by atoms with van der Waals surface area (Å²) < 4.78 is 7.09. The molecule has 7 heteroatoms. The zero-order chi connectivity index (χ0) is 21.1. The predicted octanol–water partition coefficient (Wildman–Crippen LogP) is 4.29. The minimum absolute atomic E-state index is 0.0949. The van der Waals surface area contributed by atoms with Gasteiger partial charge in [-0.3, -0.25) is 14.2 Å². The van der Waals surface area contributed by atoms with Gasteiger partial charge in [0.05, 0.1) is 11.7 Å². The van der Waals surface area contributed by atoms with Crippen molar-refractivity contribution in [3.05, 3.63) is 87.3 Å². The number of carbonyl (C=O) groups excluding carboxylic acids is 1. The second-order valence-corrected chi connectivity index (χ2v) is 8.19. The van der Waals surface area contributed by atoms with Crippen molar-refractivity contribution in [2.24, 2.45) is 0 Å². The zero-order valence-electron chi connectivity index (χ0n) is 16.7. The Morgan fingerprint density at radius 3 is 2.57 bits per heavy atom. The molecule has 30 heavy (non-hydrogen) atoms. The number of hydrogen-bond acceptors (Lipinski definition) is 5. The van der Waals surface area contributed by atoms with Gasteiger partial charge in [-0.05, 0) is 49.2 Å². The third-order valence-electron chi connectivity index (χ3n) is 4.86. The number of carbonyl (C=O) groups is 1. The number of benzene rings is 2. The first-order valence-electron chi connectivity index (χ1n) is 9.53. The molecule has 1 N–H and O–H groups in total. The lowest BCUT2D eigenvalue weighted by Gasteiger charge is -2.09. The van der Waals surface area contributed by atoms with Crippen molar-refractivity contribution in [2.45, 2.75) is 27.0 Å². The van der Waals surface area contributed by atoms with Crippen LogP contribution in [0.3, 0.4) is 0 Å². The number of hydrogen-bond donors (Lipinski definition) is 1. The van der Waals surface area contributed by atoms with E-state index in [0.717, 1.165) is 16.0 Å². The van der Waals surface area contributed by atoms with Gasteiger partial charge >= 0.3 is 0 Å². The molecule has 2 heterocycles. The number of nitrogens with one attached hydrogen (secondary N) is 1. The minimum atomic E-state index is -0.291. The molecule has 0 aliphatic carbocycles. The van der Waals surface area contributed by atoms with Crippen LogP contribution in [0.1, 0.15) is 16.0 Å². The second-order valence-electron chi connectivity index (χ2n) is 6.99. The molecule has 0 saturated carbocycles. The van der Waals surface area contributed by atoms with Gasteiger partial charge in [0.25, 0.3) is 5.56 Å². The molecule has 0 aliphatic heterocycles. The van der Waals surface area contributed by atoms with Crippen molar-refractivity contribution in [1.82, 2.24) is 9.55 Å². The number of nitrogens with zero attached hydrogens (tertiary/aromatic N) is 2. The molecule has 0 aliphatic rings. The normalized spacial score (nSPS) is 10.9. The Morgan fingerprint density at radius 1 is 1.10 bits per heavy atom. The van der Waals surface area contributed by atoms with E-state index >= 15 is 0 Å². The first kappa shape index (κ1) is 19.8. The van der Waals surface area contributed by atoms with Gasteiger partial charge in [0, 0.05) is 10.6 Å². The Morgan fingerprint density at radius 2 is 1.83 bits per heavy atom. The molecule has 6 nitrogen and oxygen atoms in total. The summed E-state index contributed by atoms with van der Waals surface area (Å²) in [6, 6.07) is 17.1. The van der Waals surface area contributed by atoms with E-state index in [-0.39, 0.29) is 18.0 Å². The van der Waals surface area contributed by atoms with Crippen LogP contribution in [-0.2, 0) is 17.9 Å². The fourth-order valence-electron chi connectivity index (χ4n) is 3.11. The number of aromatic nitrogens is 2. The third-order valence-corrected chi connectivity index (χ3v) is 5.97. The van der Waals surface area contributed by atoms with Gasteiger partial charge in [-0.2, -0.15) is 0 Å². The molecule has 0 saturated heterocycles. The van der Waals surface area contributed by atoms with Crippen LogP contribution in [0.2, 0.25) is 0 Å². The van der Waals surface area contributed by atoms with Crippen LogP contribution < -0.4 is 15.6 Å². The number of ether oxygens (including phenoxy) is 1. The van der Waals surface area contributed by atoms with Crippen LogP contribution in [0.4, 0.5) is 5.69 Å². The summed E-state index contributed by atoms with van der Waals surface area (Å²) in [5, 5.41) is 3.40. The summed E-state index contributed by atoms with van der Waals surface area (Å²) in [6.45, 7) is 4.25. The highest BCUT2D eigenvalue weighted by atomic mass is 32.1. The standard InChI is InChI=1S/C23H21N3O3S/c1-15-16(2)30-22-21(15)23(28)26(14-24-22)12-20(27)25-18-8-10-19(11-9-18)29-13-17-6-4-3-5-7-17/h3-11,14H,12-13H2,1-2H3,(H,25,27). The van der Waals surface area contributed by atoms with Crippen LogP contribution in [0, 0.1) is 13.8 Å². The summed E-state index contributed by atoms with van der Waals surface area (Å²) in [6.07, 6.45) is 1.43. The second kappa shape index (κ2) is 8.51. The summed E-state index contributed by atoms with van der Waals surface area (Å²) >= 11 is 1.49. The smallest absolute Gasteiger partial charge is 0.262 e. The summed E-state index contributed by atoms with van der Waals surface area (Å²) in [5.41, 5.74) is 2.45. The molecule has 0 bridgehead atoms. The van der Waals surface area contributed by atoms with Crippen molar-refractivity contribution in [3.8, 4) is 5.75 Å². The van der Waals surface area contributed by atoms with Crippen molar-refractivity contribution in [2.75, 3.05) is 5.32 Å². The number of thiophene rings is 1. The van der Waals surface area contributed by atoms with Gasteiger partial charge in [0.1, 0.15) is 23.7 Å². The lowest BCUT2D eigenvalue weighted by Crippen LogP contribution is -2.27. The third kappa shape index (κ3) is 4.26. The fourth-order valence-corrected chi connectivity index (χ4v) is 4.10. The van der Waals surface area contributed by atoms with E-state index in [4.69, 9.17) is 4.74 Å². The molecule has 0 spiro atoms. The molecule has 0 radical (unpaired) electrons. The average Bonchev–Trinajstić information content (AvgIpc) is 3.05. The first-order valence-corrected chi connectivity index (χ1v) is 10.3. The Labute approximate surface area is 177 Å². The number of anilines is 1. The monoisotopic (exact) mass is 419 g/mol. The van der Waals surface area contributed by atoms with Crippen LogP contribution in [0.15, 0.2) is 65.7 Å². The fraction of sp³-hybridized carbons (Fsp3) is 0.174. The van der Waals surface area contributed by atoms with E-state index in [0.29, 0.717) is 28.3 Å². The maximum Gasteiger partial charge on any atom is 0.262 e. The quantitative estimate of drug-likeness (QED) is 0.506. The van der Waals surface area contributed by atoms with E-state index in [1.165, 1.54) is 22.2 Å². The highest BCUT2D eigenvalue weighted by molar-refractivity contribution is 7.18. The molecule has 1 amide bonds. The molecule has 4 aromatic rings. The largest absolute Gasteiger partial charge is 0.489 e. The van der Waals surface area contributed by atoms with Crippen molar-refractivity contribution < 1.29 is 9.53 Å². The van der Waals surface area contributed by atoms with Gasteiger partial charge < -0.3 is 10.1 Å². The number of amides is 1. The minimum Gasteiger partial charge on any atom is -0.489 e. The summed E-state index contributed by atoms with van der Waals surface area (Å²) in [4.78, 5) is 31.2. The Bertz CT molecular complexity index is 1240. The Balaban J connectivity index is 1.39. The van der Waals surface area contributed by atoms with Crippen LogP contribution in [0.25, 0.3) is 10.2 Å². The number of aryl methyl sites for hydroxylation is 2. The van der Waals surface area contributed by atoms with Crippen LogP contribution >= 0.6 is 11.3 Å². The molecule has 0 unspecified atom stereocenters. The van der Waals surface area contributed by atoms with Gasteiger partial charge in [-0.1, -0.05) is 30.3 Å². The average molecular weight is 420 g/mol. The lowest BCUT2D eigenvalue weighted by molar-refractivity contribution is -0.116. The Kier molecular flexibility index (Phi) is 5.63. The van der Waals surface area contributed by atoms with Crippen LogP contribution in [-0.4, -0.2) is 15.5 Å². The van der Waals surface area contributed by atoms with Gasteiger partial charge in [-0.15, -0.1) is 11.3 Å². The zero-order valence-corrected chi connectivity index (χ0v) is 17.5. The number of rotatable bonds is 6. The maximum atomic E-state index is 12.7. The molecular weight excluding hydrogens is 398 g/mol.